The van der Waals surface area contributed by atoms with Gasteiger partial charge in [-0.15, -0.1) is 0 Å². The highest BCUT2D eigenvalue weighted by molar-refractivity contribution is 5.84. The third-order valence-corrected chi connectivity index (χ3v) is 4.51. The second kappa shape index (κ2) is 6.84. The molecular formula is C17H19N7O. The van der Waals surface area contributed by atoms with Crippen molar-refractivity contribution in [3.8, 4) is 0 Å². The van der Waals surface area contributed by atoms with Crippen molar-refractivity contribution >= 4 is 22.9 Å². The largest absolute Gasteiger partial charge is 0.354 e. The summed E-state index contributed by atoms with van der Waals surface area (Å²) in [5.74, 6) is 0.842. The van der Waals surface area contributed by atoms with E-state index in [2.05, 4.69) is 35.1 Å². The summed E-state index contributed by atoms with van der Waals surface area (Å²) in [7, 11) is 0. The number of hydrogen-bond acceptors (Lipinski definition) is 6. The summed E-state index contributed by atoms with van der Waals surface area (Å²) in [5, 5.41) is 3.03. The number of nitrogens with one attached hydrogen (secondary N) is 2. The van der Waals surface area contributed by atoms with Crippen molar-refractivity contribution in [2.45, 2.75) is 19.4 Å². The fourth-order valence-electron chi connectivity index (χ4n) is 3.21. The summed E-state index contributed by atoms with van der Waals surface area (Å²) in [6, 6.07) is 3.81. The van der Waals surface area contributed by atoms with E-state index in [1.54, 1.807) is 18.7 Å². The minimum Gasteiger partial charge on any atom is -0.354 e. The van der Waals surface area contributed by atoms with Crippen LogP contribution in [0.2, 0.25) is 0 Å². The number of piperidine rings is 1. The smallest absolute Gasteiger partial charge is 0.225 e. The highest BCUT2D eigenvalue weighted by Gasteiger charge is 2.27. The van der Waals surface area contributed by atoms with Crippen molar-refractivity contribution in [1.82, 2.24) is 30.2 Å². The minimum absolute atomic E-state index is 0.0523. The number of carbonyl (C=O) groups excluding carboxylic acids is 1. The zero-order valence-electron chi connectivity index (χ0n) is 13.7. The Labute approximate surface area is 144 Å². The van der Waals surface area contributed by atoms with Crippen molar-refractivity contribution in [2.75, 3.05) is 18.0 Å². The third-order valence-electron chi connectivity index (χ3n) is 4.51. The summed E-state index contributed by atoms with van der Waals surface area (Å²) in [6.07, 6.45) is 8.43. The van der Waals surface area contributed by atoms with Gasteiger partial charge in [0.05, 0.1) is 12.2 Å². The highest BCUT2D eigenvalue weighted by Crippen LogP contribution is 2.25. The number of hydrogen-bond donors (Lipinski definition) is 2. The summed E-state index contributed by atoms with van der Waals surface area (Å²) < 4.78 is 0. The van der Waals surface area contributed by atoms with Gasteiger partial charge in [-0.3, -0.25) is 9.78 Å². The summed E-state index contributed by atoms with van der Waals surface area (Å²) in [4.78, 5) is 34.5. The molecule has 1 amide bonds. The molecule has 0 aromatic carbocycles. The fourth-order valence-corrected chi connectivity index (χ4v) is 3.21. The lowest BCUT2D eigenvalue weighted by Gasteiger charge is -2.32. The number of fused-ring (bicyclic) bond motifs is 1. The number of nitrogens with zero attached hydrogens (tertiary/aromatic N) is 5. The number of imidazole rings is 1. The van der Waals surface area contributed by atoms with E-state index in [-0.39, 0.29) is 11.8 Å². The van der Waals surface area contributed by atoms with Crippen molar-refractivity contribution in [1.29, 1.82) is 0 Å². The van der Waals surface area contributed by atoms with Crippen LogP contribution in [0.4, 0.5) is 5.82 Å². The first-order valence-corrected chi connectivity index (χ1v) is 8.37. The Kier molecular flexibility index (Phi) is 4.24. The van der Waals surface area contributed by atoms with E-state index in [1.807, 2.05) is 12.1 Å². The molecule has 1 aliphatic heterocycles. The van der Waals surface area contributed by atoms with Crippen LogP contribution < -0.4 is 10.2 Å². The monoisotopic (exact) mass is 337 g/mol. The topological polar surface area (TPSA) is 99.7 Å². The molecule has 1 saturated heterocycles. The van der Waals surface area contributed by atoms with Crippen LogP contribution in [0.15, 0.2) is 37.2 Å². The highest BCUT2D eigenvalue weighted by atomic mass is 16.1. The molecule has 3 aromatic heterocycles. The molecule has 2 N–H and O–H groups in total. The van der Waals surface area contributed by atoms with Crippen molar-refractivity contribution in [3.05, 3.63) is 42.7 Å². The first-order valence-electron chi connectivity index (χ1n) is 8.37. The molecule has 0 unspecified atom stereocenters. The number of aromatic amines is 1. The Bertz CT molecular complexity index is 864. The maximum atomic E-state index is 12.6. The predicted octanol–water partition coefficient (Wildman–Crippen LogP) is 1.28. The maximum Gasteiger partial charge on any atom is 0.225 e. The quantitative estimate of drug-likeness (QED) is 0.744. The first-order chi connectivity index (χ1) is 12.3. The lowest BCUT2D eigenvalue weighted by atomic mass is 9.97. The Balaban J connectivity index is 1.44. The molecule has 0 saturated carbocycles. The summed E-state index contributed by atoms with van der Waals surface area (Å²) in [6.45, 7) is 2.04. The van der Waals surface area contributed by atoms with Crippen LogP contribution in [0, 0.1) is 5.92 Å². The average Bonchev–Trinajstić information content (AvgIpc) is 3.16. The number of carbonyl (C=O) groups is 1. The van der Waals surface area contributed by atoms with Gasteiger partial charge < -0.3 is 15.2 Å². The molecular weight excluding hydrogens is 318 g/mol. The van der Waals surface area contributed by atoms with Gasteiger partial charge in [-0.05, 0) is 30.5 Å². The number of aromatic nitrogens is 5. The standard InChI is InChI=1S/C17H19N7O/c25-17(19-8-12-3-5-18-6-4-12)13-2-1-7-24(9-13)16-14-15(21-10-20-14)22-11-23-16/h3-6,10-11,13H,1-2,7-9H2,(H,19,25)(H,20,21,22,23)/t13-/m1/s1. The number of pyridine rings is 1. The van der Waals surface area contributed by atoms with Gasteiger partial charge in [0.1, 0.15) is 11.8 Å². The van der Waals surface area contributed by atoms with Crippen LogP contribution in [0.5, 0.6) is 0 Å². The molecule has 8 heteroatoms. The van der Waals surface area contributed by atoms with Gasteiger partial charge in [-0.1, -0.05) is 0 Å². The second-order valence-electron chi connectivity index (χ2n) is 6.16. The van der Waals surface area contributed by atoms with Gasteiger partial charge in [0.15, 0.2) is 11.5 Å². The van der Waals surface area contributed by atoms with Gasteiger partial charge in [0.25, 0.3) is 0 Å². The van der Waals surface area contributed by atoms with E-state index < -0.39 is 0 Å². The van der Waals surface area contributed by atoms with Gasteiger partial charge >= 0.3 is 0 Å². The molecule has 1 atom stereocenters. The molecule has 4 heterocycles. The zero-order valence-corrected chi connectivity index (χ0v) is 13.7. The number of H-pyrrole nitrogens is 1. The van der Waals surface area contributed by atoms with Gasteiger partial charge in [-0.25, -0.2) is 15.0 Å². The summed E-state index contributed by atoms with van der Waals surface area (Å²) in [5.41, 5.74) is 2.51. The van der Waals surface area contributed by atoms with Gasteiger partial charge in [0, 0.05) is 32.0 Å². The Morgan fingerprint density at radius 2 is 2.16 bits per heavy atom. The van der Waals surface area contributed by atoms with Crippen LogP contribution in [0.1, 0.15) is 18.4 Å². The molecule has 0 spiro atoms. The molecule has 1 aliphatic rings. The van der Waals surface area contributed by atoms with Crippen LogP contribution in [0.3, 0.4) is 0 Å². The van der Waals surface area contributed by atoms with Crippen LogP contribution in [-0.2, 0) is 11.3 Å². The molecule has 1 fully saturated rings. The van der Waals surface area contributed by atoms with E-state index in [9.17, 15) is 4.79 Å². The average molecular weight is 337 g/mol. The molecule has 3 aromatic rings. The van der Waals surface area contributed by atoms with Crippen LogP contribution in [-0.4, -0.2) is 43.9 Å². The number of anilines is 1. The maximum absolute atomic E-state index is 12.6. The second-order valence-corrected chi connectivity index (χ2v) is 6.16. The van der Waals surface area contributed by atoms with Crippen molar-refractivity contribution in [2.24, 2.45) is 5.92 Å². The van der Waals surface area contributed by atoms with Crippen LogP contribution >= 0.6 is 0 Å². The molecule has 0 radical (unpaired) electrons. The lowest BCUT2D eigenvalue weighted by molar-refractivity contribution is -0.125. The predicted molar refractivity (Wildman–Crippen MR) is 92.7 cm³/mol. The molecule has 25 heavy (non-hydrogen) atoms. The van der Waals surface area contributed by atoms with E-state index in [1.165, 1.54) is 6.33 Å². The Morgan fingerprint density at radius 1 is 1.28 bits per heavy atom. The molecule has 8 nitrogen and oxygen atoms in total. The molecule has 4 rings (SSSR count). The SMILES string of the molecule is O=C(NCc1ccncc1)[C@@H]1CCCN(c2ncnc3nc[nH]c23)C1. The lowest BCUT2D eigenvalue weighted by Crippen LogP contribution is -2.43. The van der Waals surface area contributed by atoms with Gasteiger partial charge in [-0.2, -0.15) is 0 Å². The molecule has 128 valence electrons. The third kappa shape index (κ3) is 3.28. The fraction of sp³-hybridized carbons (Fsp3) is 0.353. The van der Waals surface area contributed by atoms with E-state index in [0.29, 0.717) is 18.7 Å². The first kappa shape index (κ1) is 15.5. The van der Waals surface area contributed by atoms with Crippen LogP contribution in [0.25, 0.3) is 11.2 Å². The Hall–Kier alpha value is -3.03. The Morgan fingerprint density at radius 3 is 3.04 bits per heavy atom. The van der Waals surface area contributed by atoms with Gasteiger partial charge in [0.2, 0.25) is 5.91 Å². The zero-order chi connectivity index (χ0) is 17.1. The van der Waals surface area contributed by atoms with E-state index in [4.69, 9.17) is 0 Å². The number of rotatable bonds is 4. The van der Waals surface area contributed by atoms with Crippen molar-refractivity contribution in [3.63, 3.8) is 0 Å². The summed E-state index contributed by atoms with van der Waals surface area (Å²) >= 11 is 0. The van der Waals surface area contributed by atoms with E-state index >= 15 is 0 Å². The van der Waals surface area contributed by atoms with Crippen molar-refractivity contribution < 1.29 is 4.79 Å². The molecule has 0 aliphatic carbocycles. The normalized spacial score (nSPS) is 17.6. The van der Waals surface area contributed by atoms with E-state index in [0.717, 1.165) is 36.3 Å². The number of amides is 1. The molecule has 0 bridgehead atoms. The minimum atomic E-state index is -0.0523.